The summed E-state index contributed by atoms with van der Waals surface area (Å²) < 4.78 is 0. The number of aromatic nitrogens is 2. The van der Waals surface area contributed by atoms with Gasteiger partial charge in [-0.25, -0.2) is 9.97 Å². The second kappa shape index (κ2) is 5.45. The van der Waals surface area contributed by atoms with Crippen molar-refractivity contribution in [3.05, 3.63) is 46.2 Å². The van der Waals surface area contributed by atoms with E-state index in [4.69, 9.17) is 17.3 Å². The molecular formula is C14H17ClN4. The van der Waals surface area contributed by atoms with Gasteiger partial charge in [0.05, 0.1) is 0 Å². The largest absolute Gasteiger partial charge is 0.383 e. The molecule has 100 valence electrons. The summed E-state index contributed by atoms with van der Waals surface area (Å²) in [7, 11) is 0. The lowest BCUT2D eigenvalue weighted by Crippen LogP contribution is -2.12. The molecule has 5 heteroatoms. The number of rotatable bonds is 3. The first-order valence-electron chi connectivity index (χ1n) is 6.10. The van der Waals surface area contributed by atoms with Crippen molar-refractivity contribution >= 4 is 23.2 Å². The third kappa shape index (κ3) is 3.15. The summed E-state index contributed by atoms with van der Waals surface area (Å²) in [6, 6.07) is 7.85. The van der Waals surface area contributed by atoms with Crippen LogP contribution in [-0.2, 0) is 0 Å². The average Bonchev–Trinajstić information content (AvgIpc) is 2.36. The molecular weight excluding hydrogens is 260 g/mol. The molecule has 1 heterocycles. The summed E-state index contributed by atoms with van der Waals surface area (Å²) in [5.41, 5.74) is 7.85. The minimum absolute atomic E-state index is 0.115. The van der Waals surface area contributed by atoms with Crippen LogP contribution in [0, 0.1) is 13.8 Å². The van der Waals surface area contributed by atoms with Gasteiger partial charge in [-0.3, -0.25) is 0 Å². The Hall–Kier alpha value is -1.81. The number of nitrogens with one attached hydrogen (secondary N) is 1. The van der Waals surface area contributed by atoms with Crippen molar-refractivity contribution in [1.29, 1.82) is 0 Å². The van der Waals surface area contributed by atoms with Crippen LogP contribution in [0.25, 0.3) is 0 Å². The van der Waals surface area contributed by atoms with E-state index in [0.29, 0.717) is 11.6 Å². The van der Waals surface area contributed by atoms with E-state index in [1.54, 1.807) is 0 Å². The van der Waals surface area contributed by atoms with E-state index in [1.165, 1.54) is 0 Å². The molecule has 2 aromatic rings. The Labute approximate surface area is 118 Å². The van der Waals surface area contributed by atoms with Crippen LogP contribution in [0.3, 0.4) is 0 Å². The molecule has 1 aromatic heterocycles. The number of nitrogen functional groups attached to an aromatic ring is 1. The van der Waals surface area contributed by atoms with Crippen LogP contribution in [0.5, 0.6) is 0 Å². The standard InChI is InChI=1S/C14H17ClN4/c1-8-13(16)18-10(3)19-14(8)17-9(2)11-4-6-12(15)7-5-11/h4-7,9H,1-3H3,(H3,16,17,18,19). The van der Waals surface area contributed by atoms with Gasteiger partial charge in [0, 0.05) is 16.6 Å². The average molecular weight is 277 g/mol. The van der Waals surface area contributed by atoms with Crippen molar-refractivity contribution in [3.63, 3.8) is 0 Å². The number of nitrogens with two attached hydrogens (primary N) is 1. The Bertz CT molecular complexity index is 581. The molecule has 0 spiro atoms. The number of hydrogen-bond acceptors (Lipinski definition) is 4. The lowest BCUT2D eigenvalue weighted by Gasteiger charge is -2.17. The van der Waals surface area contributed by atoms with Crippen molar-refractivity contribution in [3.8, 4) is 0 Å². The minimum atomic E-state index is 0.115. The van der Waals surface area contributed by atoms with Crippen LogP contribution in [0.15, 0.2) is 24.3 Å². The quantitative estimate of drug-likeness (QED) is 0.900. The first-order chi connectivity index (χ1) is 8.97. The topological polar surface area (TPSA) is 63.8 Å². The Kier molecular flexibility index (Phi) is 3.90. The van der Waals surface area contributed by atoms with Gasteiger partial charge in [-0.2, -0.15) is 0 Å². The first kappa shape index (κ1) is 13.6. The van der Waals surface area contributed by atoms with Gasteiger partial charge in [-0.15, -0.1) is 0 Å². The molecule has 0 amide bonds. The predicted molar refractivity (Wildman–Crippen MR) is 79.4 cm³/mol. The van der Waals surface area contributed by atoms with Gasteiger partial charge >= 0.3 is 0 Å². The molecule has 0 radical (unpaired) electrons. The zero-order chi connectivity index (χ0) is 14.0. The third-order valence-corrected chi connectivity index (χ3v) is 3.27. The SMILES string of the molecule is Cc1nc(N)c(C)c(NC(C)c2ccc(Cl)cc2)n1. The third-order valence-electron chi connectivity index (χ3n) is 3.02. The molecule has 19 heavy (non-hydrogen) atoms. The highest BCUT2D eigenvalue weighted by molar-refractivity contribution is 6.30. The highest BCUT2D eigenvalue weighted by atomic mass is 35.5. The molecule has 0 aliphatic heterocycles. The molecule has 0 aliphatic carbocycles. The smallest absolute Gasteiger partial charge is 0.135 e. The van der Waals surface area contributed by atoms with E-state index in [-0.39, 0.29) is 6.04 Å². The molecule has 0 bridgehead atoms. The van der Waals surface area contributed by atoms with Gasteiger partial charge in [-0.05, 0) is 38.5 Å². The highest BCUT2D eigenvalue weighted by Crippen LogP contribution is 2.23. The van der Waals surface area contributed by atoms with Crippen molar-refractivity contribution in [2.45, 2.75) is 26.8 Å². The Balaban J connectivity index is 2.23. The molecule has 4 nitrogen and oxygen atoms in total. The Morgan fingerprint density at radius 3 is 2.42 bits per heavy atom. The summed E-state index contributed by atoms with van der Waals surface area (Å²) in [6.45, 7) is 5.80. The van der Waals surface area contributed by atoms with Gasteiger partial charge in [-0.1, -0.05) is 23.7 Å². The normalized spacial score (nSPS) is 12.2. The van der Waals surface area contributed by atoms with Crippen LogP contribution >= 0.6 is 11.6 Å². The molecule has 0 saturated carbocycles. The number of benzene rings is 1. The van der Waals surface area contributed by atoms with E-state index in [2.05, 4.69) is 22.2 Å². The molecule has 0 saturated heterocycles. The zero-order valence-electron chi connectivity index (χ0n) is 11.2. The maximum atomic E-state index is 5.89. The number of nitrogens with zero attached hydrogens (tertiary/aromatic N) is 2. The number of halogens is 1. The summed E-state index contributed by atoms with van der Waals surface area (Å²) in [6.07, 6.45) is 0. The number of anilines is 2. The second-order valence-electron chi connectivity index (χ2n) is 4.55. The van der Waals surface area contributed by atoms with E-state index < -0.39 is 0 Å². The van der Waals surface area contributed by atoms with Gasteiger partial charge < -0.3 is 11.1 Å². The Morgan fingerprint density at radius 1 is 1.16 bits per heavy atom. The molecule has 1 atom stereocenters. The minimum Gasteiger partial charge on any atom is -0.383 e. The summed E-state index contributed by atoms with van der Waals surface area (Å²) in [4.78, 5) is 8.52. The summed E-state index contributed by atoms with van der Waals surface area (Å²) in [5, 5.41) is 4.08. The van der Waals surface area contributed by atoms with Gasteiger partial charge in [0.2, 0.25) is 0 Å². The number of aryl methyl sites for hydroxylation is 1. The van der Waals surface area contributed by atoms with E-state index in [0.717, 1.165) is 22.0 Å². The van der Waals surface area contributed by atoms with Crippen LogP contribution in [0.4, 0.5) is 11.6 Å². The van der Waals surface area contributed by atoms with Crippen LogP contribution in [-0.4, -0.2) is 9.97 Å². The monoisotopic (exact) mass is 276 g/mol. The van der Waals surface area contributed by atoms with Crippen molar-refractivity contribution in [2.75, 3.05) is 11.1 Å². The highest BCUT2D eigenvalue weighted by Gasteiger charge is 2.11. The lowest BCUT2D eigenvalue weighted by atomic mass is 10.1. The van der Waals surface area contributed by atoms with Crippen LogP contribution in [0.2, 0.25) is 5.02 Å². The first-order valence-corrected chi connectivity index (χ1v) is 6.48. The molecule has 0 fully saturated rings. The van der Waals surface area contributed by atoms with E-state index >= 15 is 0 Å². The molecule has 1 aromatic carbocycles. The van der Waals surface area contributed by atoms with Crippen molar-refractivity contribution < 1.29 is 0 Å². The summed E-state index contributed by atoms with van der Waals surface area (Å²) in [5.74, 6) is 1.94. The fourth-order valence-electron chi connectivity index (χ4n) is 1.83. The maximum Gasteiger partial charge on any atom is 0.135 e. The summed E-state index contributed by atoms with van der Waals surface area (Å²) >= 11 is 5.89. The number of hydrogen-bond donors (Lipinski definition) is 2. The second-order valence-corrected chi connectivity index (χ2v) is 4.98. The fourth-order valence-corrected chi connectivity index (χ4v) is 1.96. The molecule has 0 aliphatic rings. The fraction of sp³-hybridized carbons (Fsp3) is 0.286. The van der Waals surface area contributed by atoms with Crippen LogP contribution in [0.1, 0.15) is 29.9 Å². The van der Waals surface area contributed by atoms with Crippen molar-refractivity contribution in [2.24, 2.45) is 0 Å². The van der Waals surface area contributed by atoms with E-state index in [1.807, 2.05) is 38.1 Å². The predicted octanol–water partition coefficient (Wildman–Crippen LogP) is 3.50. The maximum absolute atomic E-state index is 5.89. The van der Waals surface area contributed by atoms with Crippen LogP contribution < -0.4 is 11.1 Å². The van der Waals surface area contributed by atoms with Gasteiger partial charge in [0.15, 0.2) is 0 Å². The molecule has 1 unspecified atom stereocenters. The molecule has 2 rings (SSSR count). The molecule has 3 N–H and O–H groups in total. The van der Waals surface area contributed by atoms with Gasteiger partial charge in [0.25, 0.3) is 0 Å². The zero-order valence-corrected chi connectivity index (χ0v) is 12.0. The lowest BCUT2D eigenvalue weighted by molar-refractivity contribution is 0.863. The van der Waals surface area contributed by atoms with Gasteiger partial charge in [0.1, 0.15) is 17.5 Å². The van der Waals surface area contributed by atoms with Crippen molar-refractivity contribution in [1.82, 2.24) is 9.97 Å². The van der Waals surface area contributed by atoms with E-state index in [9.17, 15) is 0 Å². The Morgan fingerprint density at radius 2 is 1.79 bits per heavy atom.